The molecule has 0 fully saturated rings. The Morgan fingerprint density at radius 1 is 1.19 bits per heavy atom. The number of amides is 1. The van der Waals surface area contributed by atoms with Gasteiger partial charge in [-0.2, -0.15) is 0 Å². The summed E-state index contributed by atoms with van der Waals surface area (Å²) < 4.78 is 8.40. The Hall–Kier alpha value is -2.93. The Labute approximate surface area is 164 Å². The molecule has 1 unspecified atom stereocenters. The molecule has 0 radical (unpaired) electrons. The molecule has 2 aromatic carbocycles. The second-order valence-corrected chi connectivity index (χ2v) is 7.21. The van der Waals surface area contributed by atoms with Crippen LogP contribution in [0.25, 0.3) is 16.7 Å². The Kier molecular flexibility index (Phi) is 4.53. The quantitative estimate of drug-likeness (QED) is 0.520. The molecule has 27 heavy (non-hydrogen) atoms. The van der Waals surface area contributed by atoms with Gasteiger partial charge in [0.25, 0.3) is 5.91 Å². The van der Waals surface area contributed by atoms with Gasteiger partial charge in [0.15, 0.2) is 5.69 Å². The maximum atomic E-state index is 12.7. The largest absolute Gasteiger partial charge is 0.459 e. The van der Waals surface area contributed by atoms with Crippen LogP contribution in [0.4, 0.5) is 0 Å². The number of hydrogen-bond acceptors (Lipinski definition) is 4. The topological polar surface area (TPSA) is 73.0 Å². The number of carbonyl (C=O) groups excluding carboxylic acids is 1. The third kappa shape index (κ3) is 3.38. The van der Waals surface area contributed by atoms with Crippen LogP contribution >= 0.6 is 15.9 Å². The van der Waals surface area contributed by atoms with E-state index in [0.717, 1.165) is 21.1 Å². The van der Waals surface area contributed by atoms with Crippen molar-refractivity contribution in [3.63, 3.8) is 0 Å². The number of nitrogens with one attached hydrogen (secondary N) is 1. The molecule has 0 spiro atoms. The van der Waals surface area contributed by atoms with E-state index in [1.165, 1.54) is 0 Å². The van der Waals surface area contributed by atoms with Crippen LogP contribution in [-0.4, -0.2) is 20.9 Å². The number of aromatic nitrogens is 3. The maximum absolute atomic E-state index is 12.7. The molecule has 4 rings (SSSR count). The molecule has 6 nitrogen and oxygen atoms in total. The smallest absolute Gasteiger partial charge is 0.274 e. The first kappa shape index (κ1) is 17.5. The number of furan rings is 1. The zero-order valence-corrected chi connectivity index (χ0v) is 16.4. The molecule has 0 bridgehead atoms. The van der Waals surface area contributed by atoms with E-state index in [1.807, 2.05) is 68.4 Å². The van der Waals surface area contributed by atoms with Gasteiger partial charge >= 0.3 is 0 Å². The highest BCUT2D eigenvalue weighted by Gasteiger charge is 2.21. The molecule has 0 saturated carbocycles. The van der Waals surface area contributed by atoms with Gasteiger partial charge in [0.2, 0.25) is 0 Å². The Bertz CT molecular complexity index is 1100. The third-order valence-electron chi connectivity index (χ3n) is 4.38. The van der Waals surface area contributed by atoms with Crippen LogP contribution in [0.15, 0.2) is 63.5 Å². The molecule has 0 aliphatic heterocycles. The second kappa shape index (κ2) is 7.00. The van der Waals surface area contributed by atoms with Crippen LogP contribution < -0.4 is 5.32 Å². The maximum Gasteiger partial charge on any atom is 0.274 e. The molecule has 0 aliphatic carbocycles. The van der Waals surface area contributed by atoms with Crippen LogP contribution in [0, 0.1) is 6.92 Å². The first-order chi connectivity index (χ1) is 13.0. The predicted molar refractivity (Wildman–Crippen MR) is 106 cm³/mol. The van der Waals surface area contributed by atoms with Gasteiger partial charge in [0, 0.05) is 9.86 Å². The summed E-state index contributed by atoms with van der Waals surface area (Å²) in [5, 5.41) is 12.1. The minimum absolute atomic E-state index is 0.290. The number of benzene rings is 2. The van der Waals surface area contributed by atoms with Crippen LogP contribution in [0.2, 0.25) is 0 Å². The van der Waals surface area contributed by atoms with Crippen molar-refractivity contribution in [2.45, 2.75) is 19.9 Å². The number of nitrogens with zero attached hydrogens (tertiary/aromatic N) is 3. The highest BCUT2D eigenvalue weighted by molar-refractivity contribution is 9.10. The Morgan fingerprint density at radius 3 is 2.78 bits per heavy atom. The number of para-hydroxylation sites is 1. The minimum Gasteiger partial charge on any atom is -0.459 e. The average molecular weight is 425 g/mol. The molecule has 0 aliphatic rings. The van der Waals surface area contributed by atoms with E-state index >= 15 is 0 Å². The van der Waals surface area contributed by atoms with E-state index in [4.69, 9.17) is 4.42 Å². The molecule has 2 aromatic heterocycles. The van der Waals surface area contributed by atoms with Crippen molar-refractivity contribution in [2.24, 2.45) is 0 Å². The first-order valence-electron chi connectivity index (χ1n) is 8.50. The van der Waals surface area contributed by atoms with Gasteiger partial charge in [-0.3, -0.25) is 4.79 Å². The standard InChI is InChI=1S/C20H17BrN4O2/c1-12(18-10-14-6-3-4-9-17(14)27-18)22-20(26)19-13(2)25(24-23-19)16-8-5-7-15(21)11-16/h3-12H,1-2H3,(H,22,26). The zero-order valence-electron chi connectivity index (χ0n) is 14.8. The number of halogens is 1. The van der Waals surface area contributed by atoms with Crippen LogP contribution in [0.5, 0.6) is 0 Å². The fraction of sp³-hybridized carbons (Fsp3) is 0.150. The molecular formula is C20H17BrN4O2. The van der Waals surface area contributed by atoms with Crippen molar-refractivity contribution in [1.82, 2.24) is 20.3 Å². The SMILES string of the molecule is Cc1c(C(=O)NC(C)c2cc3ccccc3o2)nnn1-c1cccc(Br)c1. The lowest BCUT2D eigenvalue weighted by Crippen LogP contribution is -2.27. The molecule has 1 N–H and O–H groups in total. The molecule has 136 valence electrons. The van der Waals surface area contributed by atoms with Gasteiger partial charge in [0.1, 0.15) is 11.3 Å². The summed E-state index contributed by atoms with van der Waals surface area (Å²) in [6.45, 7) is 3.70. The van der Waals surface area contributed by atoms with E-state index in [9.17, 15) is 4.79 Å². The average Bonchev–Trinajstić information content (AvgIpc) is 3.25. The highest BCUT2D eigenvalue weighted by atomic mass is 79.9. The normalized spacial score (nSPS) is 12.3. The molecule has 0 saturated heterocycles. The lowest BCUT2D eigenvalue weighted by Gasteiger charge is -2.10. The van der Waals surface area contributed by atoms with Crippen molar-refractivity contribution in [2.75, 3.05) is 0 Å². The molecule has 1 amide bonds. The van der Waals surface area contributed by atoms with Crippen LogP contribution in [0.3, 0.4) is 0 Å². The van der Waals surface area contributed by atoms with E-state index in [-0.39, 0.29) is 17.6 Å². The number of rotatable bonds is 4. The van der Waals surface area contributed by atoms with Crippen LogP contribution in [-0.2, 0) is 0 Å². The summed E-state index contributed by atoms with van der Waals surface area (Å²) in [6.07, 6.45) is 0. The molecule has 2 heterocycles. The van der Waals surface area contributed by atoms with E-state index in [2.05, 4.69) is 31.6 Å². The Balaban J connectivity index is 1.56. The monoisotopic (exact) mass is 424 g/mol. The van der Waals surface area contributed by atoms with Crippen molar-refractivity contribution < 1.29 is 9.21 Å². The van der Waals surface area contributed by atoms with Crippen LogP contribution in [0.1, 0.15) is 34.9 Å². The van der Waals surface area contributed by atoms with Crippen molar-refractivity contribution in [3.8, 4) is 5.69 Å². The van der Waals surface area contributed by atoms with Gasteiger partial charge in [-0.05, 0) is 44.2 Å². The summed E-state index contributed by atoms with van der Waals surface area (Å²) in [6, 6.07) is 17.1. The molecular weight excluding hydrogens is 408 g/mol. The minimum atomic E-state index is -0.291. The van der Waals surface area contributed by atoms with Gasteiger partial charge in [0.05, 0.1) is 17.4 Å². The summed E-state index contributed by atoms with van der Waals surface area (Å²) in [5.74, 6) is 0.406. The van der Waals surface area contributed by atoms with Gasteiger partial charge < -0.3 is 9.73 Å². The lowest BCUT2D eigenvalue weighted by atomic mass is 10.2. The lowest BCUT2D eigenvalue weighted by molar-refractivity contribution is 0.0930. The van der Waals surface area contributed by atoms with Crippen molar-refractivity contribution in [1.29, 1.82) is 0 Å². The Morgan fingerprint density at radius 2 is 2.00 bits per heavy atom. The number of hydrogen-bond donors (Lipinski definition) is 1. The summed E-state index contributed by atoms with van der Waals surface area (Å²) >= 11 is 3.44. The van der Waals surface area contributed by atoms with E-state index in [0.29, 0.717) is 11.5 Å². The first-order valence-corrected chi connectivity index (χ1v) is 9.30. The fourth-order valence-corrected chi connectivity index (χ4v) is 3.33. The van der Waals surface area contributed by atoms with Gasteiger partial charge in [-0.15, -0.1) is 5.10 Å². The zero-order chi connectivity index (χ0) is 19.0. The van der Waals surface area contributed by atoms with Gasteiger partial charge in [-0.25, -0.2) is 4.68 Å². The molecule has 7 heteroatoms. The van der Waals surface area contributed by atoms with E-state index < -0.39 is 0 Å². The van der Waals surface area contributed by atoms with Crippen molar-refractivity contribution >= 4 is 32.8 Å². The molecule has 4 aromatic rings. The second-order valence-electron chi connectivity index (χ2n) is 6.30. The van der Waals surface area contributed by atoms with E-state index in [1.54, 1.807) is 4.68 Å². The highest BCUT2D eigenvalue weighted by Crippen LogP contribution is 2.24. The third-order valence-corrected chi connectivity index (χ3v) is 4.87. The molecule has 1 atom stereocenters. The fourth-order valence-electron chi connectivity index (χ4n) is 2.94. The number of carbonyl (C=O) groups is 1. The summed E-state index contributed by atoms with van der Waals surface area (Å²) in [4.78, 5) is 12.7. The summed E-state index contributed by atoms with van der Waals surface area (Å²) in [5.41, 5.74) is 2.59. The number of fused-ring (bicyclic) bond motifs is 1. The van der Waals surface area contributed by atoms with Crippen molar-refractivity contribution in [3.05, 3.63) is 76.2 Å². The summed E-state index contributed by atoms with van der Waals surface area (Å²) in [7, 11) is 0. The van der Waals surface area contributed by atoms with Gasteiger partial charge in [-0.1, -0.05) is 45.4 Å². The predicted octanol–water partition coefficient (Wildman–Crippen LogP) is 4.58.